The summed E-state index contributed by atoms with van der Waals surface area (Å²) in [5.74, 6) is 1.00. The highest BCUT2D eigenvalue weighted by Crippen LogP contribution is 2.48. The summed E-state index contributed by atoms with van der Waals surface area (Å²) < 4.78 is 26.8. The van der Waals surface area contributed by atoms with Crippen LogP contribution in [0.25, 0.3) is 0 Å². The monoisotopic (exact) mass is 399 g/mol. The molecule has 1 aromatic carbocycles. The molecule has 26 heavy (non-hydrogen) atoms. The fraction of sp³-hybridized carbons (Fsp3) is 0.611. The molecule has 0 radical (unpaired) electrons. The first-order valence-electron chi connectivity index (χ1n) is 9.08. The second kappa shape index (κ2) is 7.46. The van der Waals surface area contributed by atoms with E-state index in [0.29, 0.717) is 42.9 Å². The second-order valence-electron chi connectivity index (χ2n) is 7.48. The van der Waals surface area contributed by atoms with Crippen LogP contribution in [0.4, 0.5) is 0 Å². The number of hydrogen-bond acceptors (Lipinski definition) is 4. The van der Waals surface area contributed by atoms with Gasteiger partial charge in [0.1, 0.15) is 0 Å². The van der Waals surface area contributed by atoms with Gasteiger partial charge in [-0.1, -0.05) is 18.2 Å². The first-order valence-corrected chi connectivity index (χ1v) is 10.5. The minimum Gasteiger partial charge on any atom is -0.340 e. The number of fused-ring (bicyclic) bond motifs is 2. The number of carbonyl (C=O) groups excluding carboxylic acids is 1. The molecule has 4 rings (SSSR count). The maximum Gasteiger partial charge on any atom is 0.243 e. The van der Waals surface area contributed by atoms with Gasteiger partial charge in [-0.3, -0.25) is 4.79 Å². The van der Waals surface area contributed by atoms with Gasteiger partial charge in [-0.05, 0) is 43.2 Å². The Hall–Kier alpha value is -1.15. The third-order valence-electron chi connectivity index (χ3n) is 6.20. The summed E-state index contributed by atoms with van der Waals surface area (Å²) in [7, 11) is -3.48. The van der Waals surface area contributed by atoms with E-state index in [1.807, 2.05) is 4.90 Å². The smallest absolute Gasteiger partial charge is 0.243 e. The summed E-state index contributed by atoms with van der Waals surface area (Å²) in [4.78, 5) is 15.0. The lowest BCUT2D eigenvalue weighted by Crippen LogP contribution is -2.54. The molecule has 6 nitrogen and oxygen atoms in total. The Balaban J connectivity index is 0.00000196. The number of benzene rings is 1. The topological polar surface area (TPSA) is 83.7 Å². The highest BCUT2D eigenvalue weighted by Gasteiger charge is 2.50. The molecule has 0 aromatic heterocycles. The van der Waals surface area contributed by atoms with Crippen molar-refractivity contribution >= 4 is 28.3 Å². The molecule has 1 heterocycles. The molecule has 8 heteroatoms. The normalized spacial score (nSPS) is 31.7. The standard InChI is InChI=1S/C18H25N3O3S.ClH/c19-17-14-7-6-13(12-14)16(17)18(22)20-8-10-21(11-9-20)25(23,24)15-4-2-1-3-5-15;/h1-5,13-14,16-17H,6-12,19H2;1H. The highest BCUT2D eigenvalue weighted by molar-refractivity contribution is 7.89. The van der Waals surface area contributed by atoms with Crippen LogP contribution >= 0.6 is 12.4 Å². The van der Waals surface area contributed by atoms with E-state index < -0.39 is 10.0 Å². The SMILES string of the molecule is Cl.NC1C2CCC(C2)C1C(=O)N1CCN(S(=O)(=O)c2ccccc2)CC1. The zero-order valence-corrected chi connectivity index (χ0v) is 16.3. The molecule has 2 aliphatic carbocycles. The predicted molar refractivity (Wildman–Crippen MR) is 101 cm³/mol. The van der Waals surface area contributed by atoms with Gasteiger partial charge in [0.2, 0.25) is 15.9 Å². The van der Waals surface area contributed by atoms with Crippen LogP contribution in [0.5, 0.6) is 0 Å². The van der Waals surface area contributed by atoms with Gasteiger partial charge in [-0.25, -0.2) is 8.42 Å². The van der Waals surface area contributed by atoms with E-state index in [1.54, 1.807) is 30.3 Å². The van der Waals surface area contributed by atoms with Crippen LogP contribution in [-0.4, -0.2) is 55.8 Å². The molecule has 3 aliphatic rings. The number of rotatable bonds is 3. The predicted octanol–water partition coefficient (Wildman–Crippen LogP) is 1.31. The Morgan fingerprint density at radius 3 is 2.19 bits per heavy atom. The van der Waals surface area contributed by atoms with Gasteiger partial charge >= 0.3 is 0 Å². The molecule has 2 saturated carbocycles. The van der Waals surface area contributed by atoms with Crippen molar-refractivity contribution in [3.63, 3.8) is 0 Å². The summed E-state index contributed by atoms with van der Waals surface area (Å²) >= 11 is 0. The van der Waals surface area contributed by atoms with Gasteiger partial charge in [-0.2, -0.15) is 4.31 Å². The van der Waals surface area contributed by atoms with Crippen molar-refractivity contribution in [3.8, 4) is 0 Å². The number of hydrogen-bond donors (Lipinski definition) is 1. The van der Waals surface area contributed by atoms with Crippen LogP contribution in [0.3, 0.4) is 0 Å². The first kappa shape index (κ1) is 19.6. The summed E-state index contributed by atoms with van der Waals surface area (Å²) in [5.41, 5.74) is 6.29. The maximum atomic E-state index is 12.9. The fourth-order valence-corrected chi connectivity index (χ4v) is 6.25. The van der Waals surface area contributed by atoms with E-state index in [0.717, 1.165) is 19.3 Å². The molecule has 1 amide bonds. The van der Waals surface area contributed by atoms with Crippen molar-refractivity contribution < 1.29 is 13.2 Å². The Kier molecular flexibility index (Phi) is 5.63. The average molecular weight is 400 g/mol. The first-order chi connectivity index (χ1) is 12.0. The molecule has 0 spiro atoms. The molecular weight excluding hydrogens is 374 g/mol. The Bertz CT molecular complexity index is 748. The maximum absolute atomic E-state index is 12.9. The number of halogens is 1. The Labute approximate surface area is 161 Å². The second-order valence-corrected chi connectivity index (χ2v) is 9.42. The molecule has 144 valence electrons. The number of amides is 1. The zero-order valence-electron chi connectivity index (χ0n) is 14.7. The van der Waals surface area contributed by atoms with Gasteiger partial charge in [0.15, 0.2) is 0 Å². The van der Waals surface area contributed by atoms with Gasteiger partial charge in [-0.15, -0.1) is 12.4 Å². The summed E-state index contributed by atoms with van der Waals surface area (Å²) in [6.07, 6.45) is 3.34. The molecule has 3 fully saturated rings. The van der Waals surface area contributed by atoms with E-state index in [4.69, 9.17) is 5.73 Å². The van der Waals surface area contributed by atoms with Crippen molar-refractivity contribution in [2.45, 2.75) is 30.2 Å². The number of sulfonamides is 1. The van der Waals surface area contributed by atoms with Crippen LogP contribution in [-0.2, 0) is 14.8 Å². The van der Waals surface area contributed by atoms with Crippen molar-refractivity contribution in [2.24, 2.45) is 23.5 Å². The van der Waals surface area contributed by atoms with Crippen LogP contribution < -0.4 is 5.73 Å². The molecule has 4 unspecified atom stereocenters. The highest BCUT2D eigenvalue weighted by atomic mass is 35.5. The van der Waals surface area contributed by atoms with Gasteiger partial charge in [0.25, 0.3) is 0 Å². The quantitative estimate of drug-likeness (QED) is 0.830. The summed E-state index contributed by atoms with van der Waals surface area (Å²) in [5, 5.41) is 0. The van der Waals surface area contributed by atoms with Crippen molar-refractivity contribution in [2.75, 3.05) is 26.2 Å². The van der Waals surface area contributed by atoms with Crippen molar-refractivity contribution in [1.82, 2.24) is 9.21 Å². The minimum absolute atomic E-state index is 0. The average Bonchev–Trinajstić information content (AvgIpc) is 3.23. The molecule has 2 N–H and O–H groups in total. The number of nitrogens with zero attached hydrogens (tertiary/aromatic N) is 2. The summed E-state index contributed by atoms with van der Waals surface area (Å²) in [6.45, 7) is 1.59. The lowest BCUT2D eigenvalue weighted by atomic mass is 9.84. The molecular formula is C18H26ClN3O3S. The van der Waals surface area contributed by atoms with Gasteiger partial charge < -0.3 is 10.6 Å². The molecule has 1 saturated heterocycles. The molecule has 4 atom stereocenters. The lowest BCUT2D eigenvalue weighted by Gasteiger charge is -2.38. The minimum atomic E-state index is -3.48. The van der Waals surface area contributed by atoms with Crippen LogP contribution in [0.1, 0.15) is 19.3 Å². The van der Waals surface area contributed by atoms with E-state index in [-0.39, 0.29) is 30.3 Å². The third kappa shape index (κ3) is 3.26. The lowest BCUT2D eigenvalue weighted by molar-refractivity contribution is -0.139. The fourth-order valence-electron chi connectivity index (χ4n) is 4.80. The molecule has 1 aromatic rings. The Morgan fingerprint density at radius 2 is 1.62 bits per heavy atom. The van der Waals surface area contributed by atoms with E-state index >= 15 is 0 Å². The number of carbonyl (C=O) groups is 1. The van der Waals surface area contributed by atoms with Gasteiger partial charge in [0.05, 0.1) is 10.8 Å². The van der Waals surface area contributed by atoms with Crippen molar-refractivity contribution in [3.05, 3.63) is 30.3 Å². The van der Waals surface area contributed by atoms with E-state index in [9.17, 15) is 13.2 Å². The molecule has 2 bridgehead atoms. The van der Waals surface area contributed by atoms with Crippen LogP contribution in [0, 0.1) is 17.8 Å². The molecule has 1 aliphatic heterocycles. The largest absolute Gasteiger partial charge is 0.340 e. The van der Waals surface area contributed by atoms with E-state index in [2.05, 4.69) is 0 Å². The third-order valence-corrected chi connectivity index (χ3v) is 8.11. The Morgan fingerprint density at radius 1 is 1.00 bits per heavy atom. The van der Waals surface area contributed by atoms with E-state index in [1.165, 1.54) is 4.31 Å². The van der Waals surface area contributed by atoms with Crippen LogP contribution in [0.15, 0.2) is 35.2 Å². The number of nitrogens with two attached hydrogens (primary N) is 1. The van der Waals surface area contributed by atoms with Crippen molar-refractivity contribution in [1.29, 1.82) is 0 Å². The van der Waals surface area contributed by atoms with Crippen LogP contribution in [0.2, 0.25) is 0 Å². The summed E-state index contributed by atoms with van der Waals surface area (Å²) in [6, 6.07) is 8.46. The zero-order chi connectivity index (χ0) is 17.6. The van der Waals surface area contributed by atoms with Gasteiger partial charge in [0, 0.05) is 32.2 Å². The number of piperazine rings is 1.